The number of carbonyl (C=O) groups is 1. The van der Waals surface area contributed by atoms with Crippen LogP contribution in [-0.2, 0) is 14.6 Å². The minimum atomic E-state index is -2.94. The zero-order valence-corrected chi connectivity index (χ0v) is 15.0. The fourth-order valence-electron chi connectivity index (χ4n) is 3.10. The molecule has 1 aromatic carbocycles. The Morgan fingerprint density at radius 3 is 2.80 bits per heavy atom. The van der Waals surface area contributed by atoms with E-state index in [9.17, 15) is 13.2 Å². The van der Waals surface area contributed by atoms with E-state index in [4.69, 9.17) is 0 Å². The second kappa shape index (κ2) is 6.27. The van der Waals surface area contributed by atoms with Gasteiger partial charge in [0.25, 0.3) is 0 Å². The lowest BCUT2D eigenvalue weighted by Gasteiger charge is -2.09. The SMILES string of the molecule is O=C(CC1CCS(=O)(=O)C1)Nc1ccc(-c2cn3ccsc3n2)cc1. The maximum atomic E-state index is 12.1. The number of aromatic nitrogens is 2. The lowest BCUT2D eigenvalue weighted by atomic mass is 10.0. The molecule has 3 heterocycles. The van der Waals surface area contributed by atoms with E-state index in [2.05, 4.69) is 10.3 Å². The van der Waals surface area contributed by atoms with Crippen LogP contribution in [0.15, 0.2) is 42.0 Å². The van der Waals surface area contributed by atoms with E-state index in [0.717, 1.165) is 16.2 Å². The number of imidazole rings is 1. The molecule has 3 aromatic rings. The lowest BCUT2D eigenvalue weighted by molar-refractivity contribution is -0.116. The Bertz CT molecular complexity index is 991. The summed E-state index contributed by atoms with van der Waals surface area (Å²) in [7, 11) is -2.94. The predicted molar refractivity (Wildman–Crippen MR) is 98.5 cm³/mol. The van der Waals surface area contributed by atoms with Crippen LogP contribution in [-0.4, -0.2) is 35.2 Å². The van der Waals surface area contributed by atoms with Crippen LogP contribution in [0.1, 0.15) is 12.8 Å². The van der Waals surface area contributed by atoms with E-state index in [1.807, 2.05) is 46.4 Å². The van der Waals surface area contributed by atoms with Crippen LogP contribution in [0.3, 0.4) is 0 Å². The Labute approximate surface area is 149 Å². The minimum Gasteiger partial charge on any atom is -0.326 e. The highest BCUT2D eigenvalue weighted by molar-refractivity contribution is 7.91. The molecule has 6 nitrogen and oxygen atoms in total. The number of hydrogen-bond acceptors (Lipinski definition) is 5. The van der Waals surface area contributed by atoms with Gasteiger partial charge >= 0.3 is 0 Å². The summed E-state index contributed by atoms with van der Waals surface area (Å²) in [6.07, 6.45) is 4.76. The largest absolute Gasteiger partial charge is 0.326 e. The quantitative estimate of drug-likeness (QED) is 0.760. The average molecular weight is 375 g/mol. The standard InChI is InChI=1S/C17H17N3O3S2/c21-16(9-12-5-8-25(22,23)11-12)18-14-3-1-13(2-4-14)15-10-20-6-7-24-17(20)19-15/h1-4,6-7,10,12H,5,8-9,11H2,(H,18,21). The zero-order valence-electron chi connectivity index (χ0n) is 13.4. The first kappa shape index (κ1) is 16.3. The van der Waals surface area contributed by atoms with E-state index >= 15 is 0 Å². The third-order valence-electron chi connectivity index (χ3n) is 4.36. The van der Waals surface area contributed by atoms with Crippen LogP contribution in [0.2, 0.25) is 0 Å². The van der Waals surface area contributed by atoms with Gasteiger partial charge in [0.15, 0.2) is 14.8 Å². The average Bonchev–Trinajstić information content (AvgIpc) is 3.22. The van der Waals surface area contributed by atoms with Crippen molar-refractivity contribution in [2.24, 2.45) is 5.92 Å². The van der Waals surface area contributed by atoms with Crippen molar-refractivity contribution in [3.05, 3.63) is 42.0 Å². The zero-order chi connectivity index (χ0) is 17.4. The van der Waals surface area contributed by atoms with E-state index in [-0.39, 0.29) is 29.8 Å². The fraction of sp³-hybridized carbons (Fsp3) is 0.294. The topological polar surface area (TPSA) is 80.5 Å². The molecule has 1 aliphatic heterocycles. The molecule has 0 spiro atoms. The van der Waals surface area contributed by atoms with Gasteiger partial charge in [-0.1, -0.05) is 12.1 Å². The van der Waals surface area contributed by atoms with Crippen molar-refractivity contribution < 1.29 is 13.2 Å². The summed E-state index contributed by atoms with van der Waals surface area (Å²) in [5.41, 5.74) is 2.58. The van der Waals surface area contributed by atoms with E-state index < -0.39 is 9.84 Å². The number of fused-ring (bicyclic) bond motifs is 1. The maximum absolute atomic E-state index is 12.1. The molecule has 4 rings (SSSR count). The molecule has 1 unspecified atom stereocenters. The molecule has 8 heteroatoms. The lowest BCUT2D eigenvalue weighted by Crippen LogP contribution is -2.17. The van der Waals surface area contributed by atoms with Gasteiger partial charge in [-0.3, -0.25) is 9.20 Å². The molecule has 1 N–H and O–H groups in total. The highest BCUT2D eigenvalue weighted by atomic mass is 32.2. The third-order valence-corrected chi connectivity index (χ3v) is 6.97. The van der Waals surface area contributed by atoms with E-state index in [1.54, 1.807) is 11.3 Å². The van der Waals surface area contributed by atoms with Crippen molar-refractivity contribution in [1.82, 2.24) is 9.38 Å². The van der Waals surface area contributed by atoms with Gasteiger partial charge < -0.3 is 5.32 Å². The highest BCUT2D eigenvalue weighted by Crippen LogP contribution is 2.24. The molecule has 0 saturated carbocycles. The number of sulfone groups is 1. The number of anilines is 1. The number of nitrogens with one attached hydrogen (secondary N) is 1. The van der Waals surface area contributed by atoms with Crippen LogP contribution in [0.5, 0.6) is 0 Å². The van der Waals surface area contributed by atoms with Gasteiger partial charge in [0.2, 0.25) is 5.91 Å². The normalized spacial score (nSPS) is 19.3. The molecule has 1 amide bonds. The van der Waals surface area contributed by atoms with Crippen molar-refractivity contribution in [3.63, 3.8) is 0 Å². The molecule has 130 valence electrons. The molecular formula is C17H17N3O3S2. The molecule has 0 bridgehead atoms. The Morgan fingerprint density at radius 2 is 2.12 bits per heavy atom. The number of hydrogen-bond donors (Lipinski definition) is 1. The van der Waals surface area contributed by atoms with Crippen LogP contribution < -0.4 is 5.32 Å². The first-order valence-corrected chi connectivity index (χ1v) is 10.7. The molecular weight excluding hydrogens is 358 g/mol. The maximum Gasteiger partial charge on any atom is 0.224 e. The molecule has 0 aliphatic carbocycles. The fourth-order valence-corrected chi connectivity index (χ4v) is 5.66. The van der Waals surface area contributed by atoms with Crippen molar-refractivity contribution in [3.8, 4) is 11.3 Å². The van der Waals surface area contributed by atoms with Gasteiger partial charge in [-0.15, -0.1) is 11.3 Å². The number of rotatable bonds is 4. The first-order valence-electron chi connectivity index (χ1n) is 8.01. The summed E-state index contributed by atoms with van der Waals surface area (Å²) in [5, 5.41) is 4.83. The van der Waals surface area contributed by atoms with Gasteiger partial charge in [0.05, 0.1) is 17.2 Å². The second-order valence-corrected chi connectivity index (χ2v) is 9.42. The van der Waals surface area contributed by atoms with Crippen molar-refractivity contribution in [2.45, 2.75) is 12.8 Å². The monoisotopic (exact) mass is 375 g/mol. The molecule has 0 radical (unpaired) electrons. The van der Waals surface area contributed by atoms with Gasteiger partial charge in [-0.25, -0.2) is 13.4 Å². The highest BCUT2D eigenvalue weighted by Gasteiger charge is 2.29. The summed E-state index contributed by atoms with van der Waals surface area (Å²) < 4.78 is 24.9. The summed E-state index contributed by atoms with van der Waals surface area (Å²) >= 11 is 1.58. The molecule has 1 atom stereocenters. The molecule has 1 fully saturated rings. The van der Waals surface area contributed by atoms with Crippen LogP contribution >= 0.6 is 11.3 Å². The second-order valence-electron chi connectivity index (χ2n) is 6.32. The molecule has 2 aromatic heterocycles. The van der Waals surface area contributed by atoms with Crippen molar-refractivity contribution >= 4 is 37.7 Å². The van der Waals surface area contributed by atoms with Crippen molar-refractivity contribution in [1.29, 1.82) is 0 Å². The predicted octanol–water partition coefficient (Wildman–Crippen LogP) is 2.83. The molecule has 1 aliphatic rings. The van der Waals surface area contributed by atoms with Crippen LogP contribution in [0, 0.1) is 5.92 Å². The Balaban J connectivity index is 1.40. The number of thiazole rings is 1. The van der Waals surface area contributed by atoms with E-state index in [0.29, 0.717) is 12.1 Å². The summed E-state index contributed by atoms with van der Waals surface area (Å²) in [6.45, 7) is 0. The number of benzene rings is 1. The molecule has 25 heavy (non-hydrogen) atoms. The Kier molecular flexibility index (Phi) is 4.09. The van der Waals surface area contributed by atoms with Gasteiger partial charge in [-0.2, -0.15) is 0 Å². The smallest absolute Gasteiger partial charge is 0.224 e. The van der Waals surface area contributed by atoms with E-state index in [1.165, 1.54) is 0 Å². The Morgan fingerprint density at radius 1 is 1.32 bits per heavy atom. The summed E-state index contributed by atoms with van der Waals surface area (Å²) in [5.74, 6) is 0.110. The number of amides is 1. The number of carbonyl (C=O) groups excluding carboxylic acids is 1. The van der Waals surface area contributed by atoms with Crippen LogP contribution in [0.4, 0.5) is 5.69 Å². The van der Waals surface area contributed by atoms with Crippen molar-refractivity contribution in [2.75, 3.05) is 16.8 Å². The van der Waals surface area contributed by atoms with Gasteiger partial charge in [0.1, 0.15) is 0 Å². The third kappa shape index (κ3) is 3.59. The minimum absolute atomic E-state index is 0.0669. The summed E-state index contributed by atoms with van der Waals surface area (Å²) in [6, 6.07) is 7.52. The number of nitrogens with zero attached hydrogens (tertiary/aromatic N) is 2. The first-order chi connectivity index (χ1) is 12.0. The molecule has 1 saturated heterocycles. The van der Waals surface area contributed by atoms with Gasteiger partial charge in [-0.05, 0) is 24.5 Å². The summed E-state index contributed by atoms with van der Waals surface area (Å²) in [4.78, 5) is 17.6. The van der Waals surface area contributed by atoms with Crippen LogP contribution in [0.25, 0.3) is 16.2 Å². The Hall–Kier alpha value is -2.19. The van der Waals surface area contributed by atoms with Gasteiger partial charge in [0, 0.05) is 35.4 Å².